The summed E-state index contributed by atoms with van der Waals surface area (Å²) in [6.45, 7) is 3.31. The first-order chi connectivity index (χ1) is 7.70. The van der Waals surface area contributed by atoms with Crippen molar-refractivity contribution in [3.63, 3.8) is 0 Å². The van der Waals surface area contributed by atoms with Gasteiger partial charge in [0.1, 0.15) is 5.69 Å². The Bertz CT molecular complexity index is 405. The molecule has 0 saturated carbocycles. The SMILES string of the molecule is O=[N+]([O-])c1cccc(Br)c1N1CCNCC1. The zero-order valence-corrected chi connectivity index (χ0v) is 10.2. The lowest BCUT2D eigenvalue weighted by atomic mass is 10.2. The van der Waals surface area contributed by atoms with E-state index in [2.05, 4.69) is 21.2 Å². The smallest absolute Gasteiger partial charge is 0.293 e. The normalized spacial score (nSPS) is 16.2. The van der Waals surface area contributed by atoms with Gasteiger partial charge in [-0.05, 0) is 22.0 Å². The van der Waals surface area contributed by atoms with Gasteiger partial charge in [-0.15, -0.1) is 0 Å². The number of hydrogen-bond donors (Lipinski definition) is 1. The third-order valence-corrected chi connectivity index (χ3v) is 3.24. The summed E-state index contributed by atoms with van der Waals surface area (Å²) < 4.78 is 0.781. The molecule has 86 valence electrons. The van der Waals surface area contributed by atoms with E-state index < -0.39 is 0 Å². The minimum absolute atomic E-state index is 0.163. The molecule has 1 N–H and O–H groups in total. The number of halogens is 1. The number of nitro groups is 1. The topological polar surface area (TPSA) is 58.4 Å². The van der Waals surface area contributed by atoms with Gasteiger partial charge in [-0.3, -0.25) is 10.1 Å². The van der Waals surface area contributed by atoms with Gasteiger partial charge in [-0.1, -0.05) is 6.07 Å². The molecule has 1 heterocycles. The van der Waals surface area contributed by atoms with E-state index in [1.54, 1.807) is 12.1 Å². The van der Waals surface area contributed by atoms with Crippen LogP contribution in [0.4, 0.5) is 11.4 Å². The summed E-state index contributed by atoms with van der Waals surface area (Å²) in [5, 5.41) is 14.2. The van der Waals surface area contributed by atoms with Crippen molar-refractivity contribution in [2.24, 2.45) is 0 Å². The molecule has 6 heteroatoms. The molecule has 0 aromatic heterocycles. The second-order valence-corrected chi connectivity index (χ2v) is 4.46. The van der Waals surface area contributed by atoms with Gasteiger partial charge in [0.05, 0.1) is 4.92 Å². The van der Waals surface area contributed by atoms with Crippen molar-refractivity contribution < 1.29 is 4.92 Å². The molecule has 0 bridgehead atoms. The Morgan fingerprint density at radius 1 is 1.38 bits per heavy atom. The van der Waals surface area contributed by atoms with E-state index in [1.165, 1.54) is 0 Å². The van der Waals surface area contributed by atoms with Crippen LogP contribution in [-0.2, 0) is 0 Å². The van der Waals surface area contributed by atoms with Gasteiger partial charge in [-0.25, -0.2) is 0 Å². The fraction of sp³-hybridized carbons (Fsp3) is 0.400. The van der Waals surface area contributed by atoms with Gasteiger partial charge < -0.3 is 10.2 Å². The second kappa shape index (κ2) is 4.80. The molecule has 1 aromatic rings. The predicted octanol–water partition coefficient (Wildman–Crippen LogP) is 1.77. The van der Waals surface area contributed by atoms with Crippen LogP contribution >= 0.6 is 15.9 Å². The highest BCUT2D eigenvalue weighted by atomic mass is 79.9. The number of nitro benzene ring substituents is 1. The zero-order chi connectivity index (χ0) is 11.5. The highest BCUT2D eigenvalue weighted by Crippen LogP contribution is 2.35. The fourth-order valence-electron chi connectivity index (χ4n) is 1.85. The average Bonchev–Trinajstić information content (AvgIpc) is 2.29. The van der Waals surface area contributed by atoms with Crippen LogP contribution in [0, 0.1) is 10.1 Å². The van der Waals surface area contributed by atoms with Crippen LogP contribution < -0.4 is 10.2 Å². The van der Waals surface area contributed by atoms with E-state index in [9.17, 15) is 10.1 Å². The number of nitrogens with zero attached hydrogens (tertiary/aromatic N) is 2. The zero-order valence-electron chi connectivity index (χ0n) is 8.65. The third-order valence-electron chi connectivity index (χ3n) is 2.60. The first-order valence-electron chi connectivity index (χ1n) is 5.08. The van der Waals surface area contributed by atoms with Gasteiger partial charge in [0.15, 0.2) is 0 Å². The summed E-state index contributed by atoms with van der Waals surface area (Å²) in [4.78, 5) is 12.7. The highest BCUT2D eigenvalue weighted by molar-refractivity contribution is 9.10. The molecule has 0 amide bonds. The molecular weight excluding hydrogens is 274 g/mol. The molecular formula is C10H12BrN3O2. The van der Waals surface area contributed by atoms with Crippen molar-refractivity contribution in [3.05, 3.63) is 32.8 Å². The van der Waals surface area contributed by atoms with Crippen LogP contribution in [0.1, 0.15) is 0 Å². The Morgan fingerprint density at radius 3 is 2.69 bits per heavy atom. The lowest BCUT2D eigenvalue weighted by Crippen LogP contribution is -2.43. The van der Waals surface area contributed by atoms with Crippen LogP contribution in [0.2, 0.25) is 0 Å². The van der Waals surface area contributed by atoms with E-state index in [0.717, 1.165) is 30.7 Å². The molecule has 1 aromatic carbocycles. The Labute approximate surface area is 102 Å². The molecule has 0 unspecified atom stereocenters. The van der Waals surface area contributed by atoms with Crippen LogP contribution in [0.15, 0.2) is 22.7 Å². The van der Waals surface area contributed by atoms with Gasteiger partial charge in [0, 0.05) is 36.7 Å². The Hall–Kier alpha value is -1.14. The molecule has 0 spiro atoms. The number of nitrogens with one attached hydrogen (secondary N) is 1. The molecule has 0 atom stereocenters. The molecule has 1 saturated heterocycles. The molecule has 0 radical (unpaired) electrons. The summed E-state index contributed by atoms with van der Waals surface area (Å²) in [5.74, 6) is 0. The third kappa shape index (κ3) is 2.17. The maximum absolute atomic E-state index is 11.0. The van der Waals surface area contributed by atoms with Crippen LogP contribution in [0.5, 0.6) is 0 Å². The fourth-order valence-corrected chi connectivity index (χ4v) is 2.46. The lowest BCUT2D eigenvalue weighted by Gasteiger charge is -2.29. The minimum Gasteiger partial charge on any atom is -0.363 e. The van der Waals surface area contributed by atoms with Crippen molar-refractivity contribution in [1.82, 2.24) is 5.32 Å². The Morgan fingerprint density at radius 2 is 2.06 bits per heavy atom. The minimum atomic E-state index is -0.331. The average molecular weight is 286 g/mol. The van der Waals surface area contributed by atoms with Gasteiger partial charge >= 0.3 is 0 Å². The molecule has 16 heavy (non-hydrogen) atoms. The van der Waals surface area contributed by atoms with Gasteiger partial charge in [-0.2, -0.15) is 0 Å². The highest BCUT2D eigenvalue weighted by Gasteiger charge is 2.23. The lowest BCUT2D eigenvalue weighted by molar-refractivity contribution is -0.384. The number of benzene rings is 1. The summed E-state index contributed by atoms with van der Waals surface area (Å²) in [6, 6.07) is 5.07. The predicted molar refractivity (Wildman–Crippen MR) is 65.9 cm³/mol. The first-order valence-corrected chi connectivity index (χ1v) is 5.88. The monoisotopic (exact) mass is 285 g/mol. The molecule has 5 nitrogen and oxygen atoms in total. The van der Waals surface area contributed by atoms with E-state index >= 15 is 0 Å². The van der Waals surface area contributed by atoms with E-state index in [-0.39, 0.29) is 10.6 Å². The summed E-state index contributed by atoms with van der Waals surface area (Å²) in [5.41, 5.74) is 0.852. The van der Waals surface area contributed by atoms with E-state index in [0.29, 0.717) is 5.69 Å². The van der Waals surface area contributed by atoms with E-state index in [1.807, 2.05) is 11.0 Å². The number of hydrogen-bond acceptors (Lipinski definition) is 4. The van der Waals surface area contributed by atoms with Crippen LogP contribution in [0.3, 0.4) is 0 Å². The quantitative estimate of drug-likeness (QED) is 0.665. The molecule has 2 rings (SSSR count). The van der Waals surface area contributed by atoms with Crippen molar-refractivity contribution in [1.29, 1.82) is 0 Å². The standard InChI is InChI=1S/C10H12BrN3O2/c11-8-2-1-3-9(14(15)16)10(8)13-6-4-12-5-7-13/h1-3,12H,4-7H2. The van der Waals surface area contributed by atoms with Crippen molar-refractivity contribution >= 4 is 27.3 Å². The molecule has 1 aliphatic heterocycles. The number of para-hydroxylation sites is 1. The summed E-state index contributed by atoms with van der Waals surface area (Å²) >= 11 is 3.38. The van der Waals surface area contributed by atoms with E-state index in [4.69, 9.17) is 0 Å². The summed E-state index contributed by atoms with van der Waals surface area (Å²) in [7, 11) is 0. The molecule has 1 fully saturated rings. The Kier molecular flexibility index (Phi) is 3.40. The first kappa shape index (κ1) is 11.3. The molecule has 1 aliphatic rings. The second-order valence-electron chi connectivity index (χ2n) is 3.60. The number of rotatable bonds is 2. The number of piperazine rings is 1. The van der Waals surface area contributed by atoms with Crippen molar-refractivity contribution in [2.45, 2.75) is 0 Å². The maximum atomic E-state index is 11.0. The van der Waals surface area contributed by atoms with Crippen molar-refractivity contribution in [3.8, 4) is 0 Å². The van der Waals surface area contributed by atoms with Crippen LogP contribution in [0.25, 0.3) is 0 Å². The van der Waals surface area contributed by atoms with Gasteiger partial charge in [0.2, 0.25) is 0 Å². The van der Waals surface area contributed by atoms with Gasteiger partial charge in [0.25, 0.3) is 5.69 Å². The van der Waals surface area contributed by atoms with Crippen molar-refractivity contribution in [2.75, 3.05) is 31.1 Å². The Balaban J connectivity index is 2.40. The van der Waals surface area contributed by atoms with Crippen LogP contribution in [-0.4, -0.2) is 31.1 Å². The molecule has 0 aliphatic carbocycles. The number of anilines is 1. The largest absolute Gasteiger partial charge is 0.363 e. The summed E-state index contributed by atoms with van der Waals surface area (Å²) in [6.07, 6.45) is 0. The maximum Gasteiger partial charge on any atom is 0.293 e.